The van der Waals surface area contributed by atoms with Crippen molar-refractivity contribution in [3.8, 4) is 0 Å². The number of hydrogen-bond donors (Lipinski definition) is 1. The van der Waals surface area contributed by atoms with Crippen molar-refractivity contribution in [2.24, 2.45) is 0 Å². The van der Waals surface area contributed by atoms with Gasteiger partial charge in [0, 0.05) is 11.4 Å². The quantitative estimate of drug-likeness (QED) is 0.854. The van der Waals surface area contributed by atoms with Gasteiger partial charge in [0.2, 0.25) is 0 Å². The Morgan fingerprint density at radius 3 is 2.75 bits per heavy atom. The van der Waals surface area contributed by atoms with Crippen molar-refractivity contribution in [3.63, 3.8) is 0 Å². The van der Waals surface area contributed by atoms with Gasteiger partial charge in [0.15, 0.2) is 0 Å². The summed E-state index contributed by atoms with van der Waals surface area (Å²) in [6, 6.07) is 7.35. The fraction of sp³-hybridized carbons (Fsp3) is 0.375. The Labute approximate surface area is 116 Å². The summed E-state index contributed by atoms with van der Waals surface area (Å²) in [6.07, 6.45) is 4.25. The molecule has 4 nitrogen and oxygen atoms in total. The molecule has 0 aliphatic heterocycles. The Morgan fingerprint density at radius 2 is 2.00 bits per heavy atom. The summed E-state index contributed by atoms with van der Waals surface area (Å²) < 4.78 is 5.22. The number of amides is 1. The highest BCUT2D eigenvalue weighted by Crippen LogP contribution is 2.19. The normalized spacial score (nSPS) is 15.7. The first-order valence-corrected chi connectivity index (χ1v) is 6.99. The number of aryl methyl sites for hydroxylation is 1. The van der Waals surface area contributed by atoms with E-state index in [1.54, 1.807) is 12.1 Å². The SMILES string of the molecule is Cc1ccc2oc(=O)c(C(=O)NC3CCCC3)cc2c1. The minimum absolute atomic E-state index is 0.0926. The van der Waals surface area contributed by atoms with Crippen LogP contribution in [0.1, 0.15) is 41.6 Å². The first-order chi connectivity index (χ1) is 9.63. The molecule has 1 heterocycles. The Kier molecular flexibility index (Phi) is 3.30. The Bertz CT molecular complexity index is 711. The second kappa shape index (κ2) is 5.12. The highest BCUT2D eigenvalue weighted by molar-refractivity contribution is 5.96. The molecule has 3 rings (SSSR count). The number of carbonyl (C=O) groups is 1. The van der Waals surface area contributed by atoms with Crippen LogP contribution >= 0.6 is 0 Å². The highest BCUT2D eigenvalue weighted by atomic mass is 16.4. The van der Waals surface area contributed by atoms with E-state index < -0.39 is 5.63 Å². The summed E-state index contributed by atoms with van der Waals surface area (Å²) in [7, 11) is 0. The van der Waals surface area contributed by atoms with E-state index in [-0.39, 0.29) is 17.5 Å². The molecular formula is C16H17NO3. The smallest absolute Gasteiger partial charge is 0.349 e. The zero-order valence-electron chi connectivity index (χ0n) is 11.4. The molecule has 0 bridgehead atoms. The van der Waals surface area contributed by atoms with Crippen LogP contribution in [-0.4, -0.2) is 11.9 Å². The summed E-state index contributed by atoms with van der Waals surface area (Å²) in [5, 5.41) is 3.70. The van der Waals surface area contributed by atoms with Crippen molar-refractivity contribution in [1.29, 1.82) is 0 Å². The number of fused-ring (bicyclic) bond motifs is 1. The molecule has 20 heavy (non-hydrogen) atoms. The van der Waals surface area contributed by atoms with E-state index in [0.29, 0.717) is 5.58 Å². The lowest BCUT2D eigenvalue weighted by molar-refractivity contribution is 0.0934. The van der Waals surface area contributed by atoms with E-state index in [9.17, 15) is 9.59 Å². The molecule has 0 unspecified atom stereocenters. The lowest BCUT2D eigenvalue weighted by atomic mass is 10.1. The van der Waals surface area contributed by atoms with Gasteiger partial charge in [-0.2, -0.15) is 0 Å². The third-order valence-corrected chi connectivity index (χ3v) is 3.82. The first-order valence-electron chi connectivity index (χ1n) is 6.99. The van der Waals surface area contributed by atoms with Crippen molar-refractivity contribution in [3.05, 3.63) is 45.8 Å². The van der Waals surface area contributed by atoms with Gasteiger partial charge < -0.3 is 9.73 Å². The predicted octanol–water partition coefficient (Wildman–Crippen LogP) is 2.77. The second-order valence-electron chi connectivity index (χ2n) is 5.44. The fourth-order valence-electron chi connectivity index (χ4n) is 2.73. The van der Waals surface area contributed by atoms with Crippen LogP contribution in [0.25, 0.3) is 11.0 Å². The topological polar surface area (TPSA) is 59.3 Å². The molecule has 1 fully saturated rings. The van der Waals surface area contributed by atoms with E-state index in [1.807, 2.05) is 19.1 Å². The molecule has 1 aliphatic rings. The van der Waals surface area contributed by atoms with Crippen LogP contribution in [0, 0.1) is 6.92 Å². The first kappa shape index (κ1) is 12.9. The molecule has 2 aromatic rings. The molecule has 1 saturated carbocycles. The minimum Gasteiger partial charge on any atom is -0.422 e. The maximum atomic E-state index is 12.2. The fourth-order valence-corrected chi connectivity index (χ4v) is 2.73. The molecular weight excluding hydrogens is 254 g/mol. The predicted molar refractivity (Wildman–Crippen MR) is 76.9 cm³/mol. The number of benzene rings is 1. The molecule has 1 amide bonds. The summed E-state index contributed by atoms with van der Waals surface area (Å²) in [5.41, 5.74) is 1.10. The van der Waals surface area contributed by atoms with E-state index in [2.05, 4.69) is 5.32 Å². The summed E-state index contributed by atoms with van der Waals surface area (Å²) in [4.78, 5) is 24.1. The zero-order valence-corrected chi connectivity index (χ0v) is 11.4. The maximum absolute atomic E-state index is 12.2. The monoisotopic (exact) mass is 271 g/mol. The zero-order chi connectivity index (χ0) is 14.1. The van der Waals surface area contributed by atoms with E-state index in [0.717, 1.165) is 36.6 Å². The number of nitrogens with one attached hydrogen (secondary N) is 1. The highest BCUT2D eigenvalue weighted by Gasteiger charge is 2.20. The van der Waals surface area contributed by atoms with Crippen molar-refractivity contribution in [2.45, 2.75) is 38.6 Å². The Balaban J connectivity index is 1.95. The van der Waals surface area contributed by atoms with Gasteiger partial charge in [-0.1, -0.05) is 24.5 Å². The van der Waals surface area contributed by atoms with Gasteiger partial charge in [-0.05, 0) is 38.0 Å². The van der Waals surface area contributed by atoms with Crippen LogP contribution in [0.5, 0.6) is 0 Å². The van der Waals surface area contributed by atoms with Crippen molar-refractivity contribution in [1.82, 2.24) is 5.32 Å². The Hall–Kier alpha value is -2.10. The van der Waals surface area contributed by atoms with Crippen LogP contribution in [0.2, 0.25) is 0 Å². The van der Waals surface area contributed by atoms with Crippen molar-refractivity contribution >= 4 is 16.9 Å². The third kappa shape index (κ3) is 2.46. The second-order valence-corrected chi connectivity index (χ2v) is 5.44. The van der Waals surface area contributed by atoms with Gasteiger partial charge in [0.25, 0.3) is 5.91 Å². The summed E-state index contributed by atoms with van der Waals surface area (Å²) >= 11 is 0. The van der Waals surface area contributed by atoms with Crippen LogP contribution in [-0.2, 0) is 0 Å². The van der Waals surface area contributed by atoms with Gasteiger partial charge in [0.05, 0.1) is 0 Å². The van der Waals surface area contributed by atoms with Crippen LogP contribution in [0.15, 0.2) is 33.5 Å². The van der Waals surface area contributed by atoms with Crippen LogP contribution in [0.3, 0.4) is 0 Å². The average Bonchev–Trinajstić information content (AvgIpc) is 2.91. The summed E-state index contributed by atoms with van der Waals surface area (Å²) in [5.74, 6) is -0.325. The molecule has 1 aromatic carbocycles. The molecule has 0 saturated heterocycles. The number of hydrogen-bond acceptors (Lipinski definition) is 3. The molecule has 4 heteroatoms. The van der Waals surface area contributed by atoms with Crippen LogP contribution < -0.4 is 10.9 Å². The third-order valence-electron chi connectivity index (χ3n) is 3.82. The molecule has 1 N–H and O–H groups in total. The number of rotatable bonds is 2. The lowest BCUT2D eigenvalue weighted by Gasteiger charge is -2.11. The minimum atomic E-state index is -0.572. The van der Waals surface area contributed by atoms with Gasteiger partial charge in [-0.15, -0.1) is 0 Å². The van der Waals surface area contributed by atoms with E-state index >= 15 is 0 Å². The lowest BCUT2D eigenvalue weighted by Crippen LogP contribution is -2.35. The molecule has 0 spiro atoms. The van der Waals surface area contributed by atoms with Gasteiger partial charge in [-0.25, -0.2) is 4.79 Å². The van der Waals surface area contributed by atoms with E-state index in [4.69, 9.17) is 4.42 Å². The average molecular weight is 271 g/mol. The molecule has 1 aromatic heterocycles. The van der Waals surface area contributed by atoms with Gasteiger partial charge >= 0.3 is 5.63 Å². The summed E-state index contributed by atoms with van der Waals surface area (Å²) in [6.45, 7) is 1.96. The van der Waals surface area contributed by atoms with Gasteiger partial charge in [0.1, 0.15) is 11.1 Å². The van der Waals surface area contributed by atoms with E-state index in [1.165, 1.54) is 0 Å². The van der Waals surface area contributed by atoms with Crippen molar-refractivity contribution in [2.75, 3.05) is 0 Å². The number of carbonyl (C=O) groups excluding carboxylic acids is 1. The van der Waals surface area contributed by atoms with Gasteiger partial charge in [-0.3, -0.25) is 4.79 Å². The standard InChI is InChI=1S/C16H17NO3/c1-10-6-7-14-11(8-10)9-13(16(19)20-14)15(18)17-12-4-2-3-5-12/h6-9,12H,2-5H2,1H3,(H,17,18). The molecule has 1 aliphatic carbocycles. The largest absolute Gasteiger partial charge is 0.422 e. The molecule has 104 valence electrons. The van der Waals surface area contributed by atoms with Crippen LogP contribution in [0.4, 0.5) is 0 Å². The maximum Gasteiger partial charge on any atom is 0.349 e. The molecule has 0 atom stereocenters. The van der Waals surface area contributed by atoms with Crippen molar-refractivity contribution < 1.29 is 9.21 Å². The Morgan fingerprint density at radius 1 is 1.25 bits per heavy atom. The molecule has 0 radical (unpaired) electrons.